The molecule has 0 radical (unpaired) electrons. The van der Waals surface area contributed by atoms with Gasteiger partial charge in [0, 0.05) is 31.4 Å². The first-order valence-corrected chi connectivity index (χ1v) is 8.74. The molecular formula is C19H23FN4O2. The first-order chi connectivity index (χ1) is 12.6. The number of carbonyl (C=O) groups excluding carboxylic acids is 1. The molecule has 2 atom stereocenters. The summed E-state index contributed by atoms with van der Waals surface area (Å²) in [6, 6.07) is 9.50. The Bertz CT molecular complexity index is 711. The van der Waals surface area contributed by atoms with Crippen molar-refractivity contribution in [3.05, 3.63) is 53.9 Å². The van der Waals surface area contributed by atoms with E-state index >= 15 is 0 Å². The number of hydrogen-bond donors (Lipinski definition) is 1. The third kappa shape index (κ3) is 4.91. The lowest BCUT2D eigenvalue weighted by molar-refractivity contribution is 0.0544. The van der Waals surface area contributed by atoms with Crippen molar-refractivity contribution in [1.82, 2.24) is 14.9 Å². The first kappa shape index (κ1) is 18.1. The molecule has 6 nitrogen and oxygen atoms in total. The number of ether oxygens (including phenoxy) is 1. The number of nitrogens with one attached hydrogen (secondary N) is 1. The van der Waals surface area contributed by atoms with Gasteiger partial charge in [-0.3, -0.25) is 0 Å². The van der Waals surface area contributed by atoms with E-state index < -0.39 is 12.3 Å². The van der Waals surface area contributed by atoms with Crippen LogP contribution in [0.15, 0.2) is 42.7 Å². The Morgan fingerprint density at radius 1 is 1.31 bits per heavy atom. The van der Waals surface area contributed by atoms with Gasteiger partial charge in [-0.05, 0) is 25.0 Å². The molecule has 1 amide bonds. The molecule has 1 aromatic heterocycles. The Kier molecular flexibility index (Phi) is 5.99. The molecule has 0 saturated carbocycles. The highest BCUT2D eigenvalue weighted by atomic mass is 19.1. The van der Waals surface area contributed by atoms with E-state index in [0.29, 0.717) is 25.5 Å². The van der Waals surface area contributed by atoms with Crippen LogP contribution in [0.1, 0.15) is 17.5 Å². The lowest BCUT2D eigenvalue weighted by Gasteiger charge is -2.34. The van der Waals surface area contributed by atoms with E-state index in [4.69, 9.17) is 4.74 Å². The second-order valence-electron chi connectivity index (χ2n) is 6.50. The molecule has 0 spiro atoms. The highest BCUT2D eigenvalue weighted by molar-refractivity contribution is 5.67. The lowest BCUT2D eigenvalue weighted by atomic mass is 9.95. The van der Waals surface area contributed by atoms with Crippen LogP contribution in [-0.4, -0.2) is 46.8 Å². The summed E-state index contributed by atoms with van der Waals surface area (Å²) >= 11 is 0. The number of rotatable bonds is 5. The van der Waals surface area contributed by atoms with E-state index in [-0.39, 0.29) is 19.1 Å². The van der Waals surface area contributed by atoms with Gasteiger partial charge in [0.15, 0.2) is 0 Å². The van der Waals surface area contributed by atoms with Crippen LogP contribution in [0, 0.1) is 12.8 Å². The molecule has 2 aromatic rings. The van der Waals surface area contributed by atoms with Gasteiger partial charge in [0.1, 0.15) is 12.8 Å². The second kappa shape index (κ2) is 8.60. The first-order valence-electron chi connectivity index (χ1n) is 8.74. The number of carbonyl (C=O) groups is 1. The minimum Gasteiger partial charge on any atom is -0.445 e. The van der Waals surface area contributed by atoms with E-state index in [1.807, 2.05) is 31.2 Å². The van der Waals surface area contributed by atoms with Crippen LogP contribution in [0.4, 0.5) is 15.1 Å². The smallest absolute Gasteiger partial charge is 0.410 e. The van der Waals surface area contributed by atoms with Gasteiger partial charge in [-0.2, -0.15) is 0 Å². The average Bonchev–Trinajstić information content (AvgIpc) is 2.67. The summed E-state index contributed by atoms with van der Waals surface area (Å²) in [7, 11) is 0. The summed E-state index contributed by atoms with van der Waals surface area (Å²) < 4.78 is 19.7. The summed E-state index contributed by atoms with van der Waals surface area (Å²) in [5.74, 6) is 0.305. The molecule has 1 aliphatic heterocycles. The van der Waals surface area contributed by atoms with Gasteiger partial charge >= 0.3 is 6.09 Å². The molecule has 0 aliphatic carbocycles. The molecule has 26 heavy (non-hydrogen) atoms. The number of benzene rings is 1. The minimum absolute atomic E-state index is 0.0503. The summed E-state index contributed by atoms with van der Waals surface area (Å²) in [5, 5.41) is 3.04. The van der Waals surface area contributed by atoms with Gasteiger partial charge in [0.25, 0.3) is 0 Å². The van der Waals surface area contributed by atoms with Crippen LogP contribution in [0.3, 0.4) is 0 Å². The van der Waals surface area contributed by atoms with Crippen LogP contribution in [-0.2, 0) is 11.3 Å². The zero-order chi connectivity index (χ0) is 18.4. The molecule has 1 N–H and O–H groups in total. The topological polar surface area (TPSA) is 67.3 Å². The van der Waals surface area contributed by atoms with Crippen molar-refractivity contribution in [3.63, 3.8) is 0 Å². The van der Waals surface area contributed by atoms with Crippen molar-refractivity contribution in [1.29, 1.82) is 0 Å². The molecule has 0 unspecified atom stereocenters. The van der Waals surface area contributed by atoms with E-state index in [1.54, 1.807) is 18.5 Å². The summed E-state index contributed by atoms with van der Waals surface area (Å²) in [5.41, 5.74) is 2.07. The van der Waals surface area contributed by atoms with Crippen LogP contribution in [0.5, 0.6) is 0 Å². The number of amides is 1. The van der Waals surface area contributed by atoms with Crippen molar-refractivity contribution in [2.24, 2.45) is 5.92 Å². The third-order valence-corrected chi connectivity index (χ3v) is 4.51. The number of alkyl halides is 1. The fourth-order valence-electron chi connectivity index (χ4n) is 2.88. The zero-order valence-corrected chi connectivity index (χ0v) is 14.8. The summed E-state index contributed by atoms with van der Waals surface area (Å²) in [4.78, 5) is 21.7. The Labute approximate surface area is 152 Å². The molecule has 1 saturated heterocycles. The maximum atomic E-state index is 14.4. The molecule has 1 aliphatic rings. The van der Waals surface area contributed by atoms with Gasteiger partial charge in [0.2, 0.25) is 5.95 Å². The molecule has 0 bridgehead atoms. The molecule has 3 rings (SSSR count). The molecule has 138 valence electrons. The minimum atomic E-state index is -1.10. The maximum absolute atomic E-state index is 14.4. The van der Waals surface area contributed by atoms with Gasteiger partial charge < -0.3 is 15.0 Å². The number of anilines is 1. The number of hydrogen-bond acceptors (Lipinski definition) is 5. The van der Waals surface area contributed by atoms with E-state index in [1.165, 1.54) is 4.90 Å². The molecule has 7 heteroatoms. The van der Waals surface area contributed by atoms with E-state index in [2.05, 4.69) is 15.3 Å². The van der Waals surface area contributed by atoms with Crippen LogP contribution in [0.2, 0.25) is 0 Å². The zero-order valence-electron chi connectivity index (χ0n) is 14.8. The van der Waals surface area contributed by atoms with Gasteiger partial charge in [-0.15, -0.1) is 0 Å². The van der Waals surface area contributed by atoms with Crippen LogP contribution in [0.25, 0.3) is 0 Å². The van der Waals surface area contributed by atoms with Crippen molar-refractivity contribution in [2.75, 3.05) is 25.0 Å². The molecule has 2 heterocycles. The second-order valence-corrected chi connectivity index (χ2v) is 6.50. The molecule has 1 aromatic carbocycles. The summed E-state index contributed by atoms with van der Waals surface area (Å²) in [6.45, 7) is 3.17. The van der Waals surface area contributed by atoms with Crippen LogP contribution < -0.4 is 5.32 Å². The number of halogens is 1. The fraction of sp³-hybridized carbons (Fsp3) is 0.421. The lowest BCUT2D eigenvalue weighted by Crippen LogP contribution is -2.46. The Balaban J connectivity index is 1.43. The fourth-order valence-corrected chi connectivity index (χ4v) is 2.88. The average molecular weight is 358 g/mol. The van der Waals surface area contributed by atoms with E-state index in [0.717, 1.165) is 11.1 Å². The number of likely N-dealkylation sites (tertiary alicyclic amines) is 1. The normalized spacial score (nSPS) is 19.8. The van der Waals surface area contributed by atoms with Gasteiger partial charge in [-0.1, -0.05) is 29.8 Å². The highest BCUT2D eigenvalue weighted by Gasteiger charge is 2.32. The monoisotopic (exact) mass is 358 g/mol. The van der Waals surface area contributed by atoms with Crippen molar-refractivity contribution in [3.8, 4) is 0 Å². The van der Waals surface area contributed by atoms with Crippen molar-refractivity contribution >= 4 is 12.0 Å². The predicted octanol–water partition coefficient (Wildman–Crippen LogP) is 3.19. The van der Waals surface area contributed by atoms with E-state index in [9.17, 15) is 9.18 Å². The molecule has 1 fully saturated rings. The van der Waals surface area contributed by atoms with Crippen LogP contribution >= 0.6 is 0 Å². The van der Waals surface area contributed by atoms with Crippen molar-refractivity contribution in [2.45, 2.75) is 26.1 Å². The Morgan fingerprint density at radius 2 is 2.04 bits per heavy atom. The number of aryl methyl sites for hydroxylation is 1. The highest BCUT2D eigenvalue weighted by Crippen LogP contribution is 2.22. The number of aromatic nitrogens is 2. The quantitative estimate of drug-likeness (QED) is 0.889. The number of nitrogens with zero attached hydrogens (tertiary/aromatic N) is 3. The standard InChI is InChI=1S/C19H23FN4O2/c1-14-3-5-15(6-4-14)13-26-19(25)24-10-7-16(17(20)12-24)11-23-18-21-8-2-9-22-18/h2-6,8-9,16-17H,7,10-13H2,1H3,(H,21,22,23)/t16-,17-/m0/s1. The van der Waals surface area contributed by atoms with Gasteiger partial charge in [-0.25, -0.2) is 19.2 Å². The van der Waals surface area contributed by atoms with Gasteiger partial charge in [0.05, 0.1) is 6.54 Å². The largest absolute Gasteiger partial charge is 0.445 e. The maximum Gasteiger partial charge on any atom is 0.410 e. The summed E-state index contributed by atoms with van der Waals surface area (Å²) in [6.07, 6.45) is 2.27. The predicted molar refractivity (Wildman–Crippen MR) is 96.5 cm³/mol. The number of piperidine rings is 1. The SMILES string of the molecule is Cc1ccc(COC(=O)N2CC[C@@H](CNc3ncccn3)[C@@H](F)C2)cc1. The third-order valence-electron chi connectivity index (χ3n) is 4.51. The van der Waals surface area contributed by atoms with Crippen molar-refractivity contribution < 1.29 is 13.9 Å². The Morgan fingerprint density at radius 3 is 2.73 bits per heavy atom. The Hall–Kier alpha value is -2.70. The molecular weight excluding hydrogens is 335 g/mol.